The standard InChI is InChI=1S/C14H18N4OS/c1-2-18(10-4-5-10)13(19)8-20-14-16-11-6-3-9(15)7-12(11)17-14/h3,6-7,10H,2,4-5,8,15H2,1H3,(H,16,17). The number of nitrogens with one attached hydrogen (secondary N) is 1. The molecule has 2 aromatic rings. The van der Waals surface area contributed by atoms with Crippen LogP contribution in [0.15, 0.2) is 23.4 Å². The van der Waals surface area contributed by atoms with Gasteiger partial charge in [0.15, 0.2) is 5.16 Å². The van der Waals surface area contributed by atoms with E-state index < -0.39 is 0 Å². The predicted molar refractivity (Wildman–Crippen MR) is 81.6 cm³/mol. The van der Waals surface area contributed by atoms with Crippen molar-refractivity contribution in [2.24, 2.45) is 0 Å². The molecule has 6 heteroatoms. The van der Waals surface area contributed by atoms with Gasteiger partial charge in [0, 0.05) is 18.3 Å². The van der Waals surface area contributed by atoms with Gasteiger partial charge < -0.3 is 15.6 Å². The lowest BCUT2D eigenvalue weighted by molar-refractivity contribution is -0.128. The number of H-pyrrole nitrogens is 1. The highest BCUT2D eigenvalue weighted by molar-refractivity contribution is 7.99. The molecule has 3 rings (SSSR count). The molecule has 0 radical (unpaired) electrons. The zero-order valence-electron chi connectivity index (χ0n) is 11.4. The summed E-state index contributed by atoms with van der Waals surface area (Å²) in [6.45, 7) is 2.82. The molecular weight excluding hydrogens is 272 g/mol. The number of nitrogen functional groups attached to an aromatic ring is 1. The lowest BCUT2D eigenvalue weighted by atomic mass is 10.3. The molecule has 0 atom stereocenters. The minimum Gasteiger partial charge on any atom is -0.399 e. The zero-order chi connectivity index (χ0) is 14.1. The van der Waals surface area contributed by atoms with Crippen molar-refractivity contribution in [1.82, 2.24) is 14.9 Å². The third kappa shape index (κ3) is 2.75. The molecule has 0 saturated heterocycles. The van der Waals surface area contributed by atoms with Crippen LogP contribution in [0.4, 0.5) is 5.69 Å². The van der Waals surface area contributed by atoms with Crippen molar-refractivity contribution < 1.29 is 4.79 Å². The lowest BCUT2D eigenvalue weighted by Gasteiger charge is -2.19. The third-order valence-corrected chi connectivity index (χ3v) is 4.32. The van der Waals surface area contributed by atoms with Crippen LogP contribution in [0.25, 0.3) is 11.0 Å². The van der Waals surface area contributed by atoms with Crippen LogP contribution in [0, 0.1) is 0 Å². The van der Waals surface area contributed by atoms with Gasteiger partial charge in [-0.25, -0.2) is 4.98 Å². The Kier molecular flexibility index (Phi) is 3.56. The summed E-state index contributed by atoms with van der Waals surface area (Å²) < 4.78 is 0. The molecule has 1 saturated carbocycles. The second-order valence-corrected chi connectivity index (χ2v) is 5.98. The third-order valence-electron chi connectivity index (χ3n) is 3.47. The second kappa shape index (κ2) is 5.36. The smallest absolute Gasteiger partial charge is 0.233 e. The number of imidazole rings is 1. The molecule has 0 bridgehead atoms. The molecule has 0 unspecified atom stereocenters. The van der Waals surface area contributed by atoms with Gasteiger partial charge in [-0.2, -0.15) is 0 Å². The average Bonchev–Trinajstić information content (AvgIpc) is 3.17. The highest BCUT2D eigenvalue weighted by atomic mass is 32.2. The summed E-state index contributed by atoms with van der Waals surface area (Å²) in [5, 5.41) is 0.769. The summed E-state index contributed by atoms with van der Waals surface area (Å²) in [5.41, 5.74) is 8.24. The molecule has 1 fully saturated rings. The molecule has 3 N–H and O–H groups in total. The van der Waals surface area contributed by atoms with Crippen LogP contribution < -0.4 is 5.73 Å². The maximum Gasteiger partial charge on any atom is 0.233 e. The van der Waals surface area contributed by atoms with Gasteiger partial charge in [-0.3, -0.25) is 4.79 Å². The maximum absolute atomic E-state index is 12.1. The molecule has 1 aromatic carbocycles. The topological polar surface area (TPSA) is 75.0 Å². The first-order valence-corrected chi connectivity index (χ1v) is 7.83. The van der Waals surface area contributed by atoms with E-state index in [0.29, 0.717) is 17.5 Å². The lowest BCUT2D eigenvalue weighted by Crippen LogP contribution is -2.34. The van der Waals surface area contributed by atoms with E-state index in [9.17, 15) is 4.79 Å². The van der Waals surface area contributed by atoms with E-state index in [1.165, 1.54) is 11.8 Å². The van der Waals surface area contributed by atoms with Gasteiger partial charge >= 0.3 is 0 Å². The molecule has 0 spiro atoms. The molecule has 1 aromatic heterocycles. The fourth-order valence-corrected chi connectivity index (χ4v) is 3.08. The number of aromatic nitrogens is 2. The van der Waals surface area contributed by atoms with Crippen molar-refractivity contribution >= 4 is 34.4 Å². The number of fused-ring (bicyclic) bond motifs is 1. The Morgan fingerprint density at radius 2 is 2.35 bits per heavy atom. The molecule has 1 aliphatic carbocycles. The summed E-state index contributed by atoms with van der Waals surface area (Å²) in [7, 11) is 0. The van der Waals surface area contributed by atoms with Crippen LogP contribution in [0.1, 0.15) is 19.8 Å². The van der Waals surface area contributed by atoms with Crippen molar-refractivity contribution in [3.05, 3.63) is 18.2 Å². The Morgan fingerprint density at radius 1 is 1.55 bits per heavy atom. The van der Waals surface area contributed by atoms with Crippen molar-refractivity contribution in [3.63, 3.8) is 0 Å². The number of carbonyl (C=O) groups is 1. The van der Waals surface area contributed by atoms with Gasteiger partial charge in [-0.15, -0.1) is 0 Å². The van der Waals surface area contributed by atoms with Crippen LogP contribution >= 0.6 is 11.8 Å². The maximum atomic E-state index is 12.1. The fraction of sp³-hybridized carbons (Fsp3) is 0.429. The van der Waals surface area contributed by atoms with E-state index >= 15 is 0 Å². The van der Waals surface area contributed by atoms with Gasteiger partial charge in [0.05, 0.1) is 16.8 Å². The number of hydrogen-bond acceptors (Lipinski definition) is 4. The molecular formula is C14H18N4OS. The Bertz CT molecular complexity index is 635. The summed E-state index contributed by atoms with van der Waals surface area (Å²) in [6.07, 6.45) is 2.29. The predicted octanol–water partition coefficient (Wildman–Crippen LogP) is 2.25. The summed E-state index contributed by atoms with van der Waals surface area (Å²) in [5.74, 6) is 0.625. The van der Waals surface area contributed by atoms with Gasteiger partial charge in [0.2, 0.25) is 5.91 Å². The van der Waals surface area contributed by atoms with Gasteiger partial charge in [0.25, 0.3) is 0 Å². The molecule has 106 valence electrons. The number of nitrogens with zero attached hydrogens (tertiary/aromatic N) is 2. The van der Waals surface area contributed by atoms with Crippen molar-refractivity contribution in [2.75, 3.05) is 18.0 Å². The van der Waals surface area contributed by atoms with E-state index in [4.69, 9.17) is 5.73 Å². The van der Waals surface area contributed by atoms with Crippen molar-refractivity contribution in [2.45, 2.75) is 31.0 Å². The first-order valence-electron chi connectivity index (χ1n) is 6.85. The zero-order valence-corrected chi connectivity index (χ0v) is 12.2. The van der Waals surface area contributed by atoms with Crippen LogP contribution in [-0.4, -0.2) is 39.1 Å². The molecule has 1 amide bonds. The van der Waals surface area contributed by atoms with E-state index in [1.54, 1.807) is 0 Å². The van der Waals surface area contributed by atoms with Crippen molar-refractivity contribution in [1.29, 1.82) is 0 Å². The summed E-state index contributed by atoms with van der Waals surface area (Å²) in [6, 6.07) is 6.05. The Balaban J connectivity index is 1.65. The molecule has 20 heavy (non-hydrogen) atoms. The van der Waals surface area contributed by atoms with Gasteiger partial charge in [-0.1, -0.05) is 11.8 Å². The van der Waals surface area contributed by atoms with Crippen LogP contribution in [0.3, 0.4) is 0 Å². The average molecular weight is 290 g/mol. The quantitative estimate of drug-likeness (QED) is 0.654. The SMILES string of the molecule is CCN(C(=O)CSc1nc2ccc(N)cc2[nH]1)C1CC1. The normalized spacial score (nSPS) is 14.7. The Morgan fingerprint density at radius 3 is 3.05 bits per heavy atom. The monoisotopic (exact) mass is 290 g/mol. The summed E-state index contributed by atoms with van der Waals surface area (Å²) >= 11 is 1.45. The number of benzene rings is 1. The Hall–Kier alpha value is -1.69. The first kappa shape index (κ1) is 13.3. The number of anilines is 1. The summed E-state index contributed by atoms with van der Waals surface area (Å²) in [4.78, 5) is 21.8. The number of hydrogen-bond donors (Lipinski definition) is 2. The minimum absolute atomic E-state index is 0.194. The molecule has 5 nitrogen and oxygen atoms in total. The largest absolute Gasteiger partial charge is 0.399 e. The van der Waals surface area contributed by atoms with Crippen LogP contribution in [-0.2, 0) is 4.79 Å². The van der Waals surface area contributed by atoms with E-state index in [1.807, 2.05) is 30.0 Å². The minimum atomic E-state index is 0.194. The first-order chi connectivity index (χ1) is 9.67. The molecule has 1 aliphatic rings. The Labute approximate surface area is 121 Å². The number of rotatable bonds is 5. The van der Waals surface area contributed by atoms with Crippen molar-refractivity contribution in [3.8, 4) is 0 Å². The highest BCUT2D eigenvalue weighted by Gasteiger charge is 2.31. The molecule has 0 aliphatic heterocycles. The van der Waals surface area contributed by atoms with Gasteiger partial charge in [0.1, 0.15) is 0 Å². The van der Waals surface area contributed by atoms with Gasteiger partial charge in [-0.05, 0) is 38.0 Å². The number of nitrogens with two attached hydrogens (primary N) is 1. The van der Waals surface area contributed by atoms with Crippen LogP contribution in [0.2, 0.25) is 0 Å². The van der Waals surface area contributed by atoms with E-state index in [2.05, 4.69) is 9.97 Å². The van der Waals surface area contributed by atoms with E-state index in [-0.39, 0.29) is 5.91 Å². The number of amides is 1. The van der Waals surface area contributed by atoms with E-state index in [0.717, 1.165) is 35.6 Å². The number of carbonyl (C=O) groups excluding carboxylic acids is 1. The second-order valence-electron chi connectivity index (χ2n) is 5.02. The number of thioether (sulfide) groups is 1. The molecule has 1 heterocycles. The number of aromatic amines is 1. The highest BCUT2D eigenvalue weighted by Crippen LogP contribution is 2.28. The fourth-order valence-electron chi connectivity index (χ4n) is 2.31. The van der Waals surface area contributed by atoms with Crippen LogP contribution in [0.5, 0.6) is 0 Å².